The summed E-state index contributed by atoms with van der Waals surface area (Å²) in [7, 11) is 2.63. The molecule has 0 amide bonds. The third kappa shape index (κ3) is 4.84. The fraction of sp³-hybridized carbons (Fsp3) is 0.400. The van der Waals surface area contributed by atoms with Crippen molar-refractivity contribution in [3.63, 3.8) is 0 Å². The maximum Gasteiger partial charge on any atom is 0.337 e. The zero-order valence-electron chi connectivity index (χ0n) is 11.7. The molecular formula is C15H18O5. The van der Waals surface area contributed by atoms with Crippen molar-refractivity contribution < 1.29 is 23.9 Å². The summed E-state index contributed by atoms with van der Waals surface area (Å²) in [6, 6.07) is 6.43. The van der Waals surface area contributed by atoms with Crippen molar-refractivity contribution in [2.75, 3.05) is 14.2 Å². The van der Waals surface area contributed by atoms with E-state index in [9.17, 15) is 14.4 Å². The summed E-state index contributed by atoms with van der Waals surface area (Å²) in [4.78, 5) is 34.2. The van der Waals surface area contributed by atoms with Crippen molar-refractivity contribution in [3.8, 4) is 0 Å². The zero-order chi connectivity index (χ0) is 15.0. The van der Waals surface area contributed by atoms with Gasteiger partial charge in [0.25, 0.3) is 0 Å². The van der Waals surface area contributed by atoms with Gasteiger partial charge in [-0.2, -0.15) is 0 Å². The van der Waals surface area contributed by atoms with Gasteiger partial charge in [-0.05, 0) is 25.0 Å². The molecule has 5 nitrogen and oxygen atoms in total. The van der Waals surface area contributed by atoms with E-state index in [1.807, 2.05) is 0 Å². The number of methoxy groups -OCH3 is 2. The van der Waals surface area contributed by atoms with Gasteiger partial charge in [0.2, 0.25) is 0 Å². The van der Waals surface area contributed by atoms with Gasteiger partial charge in [-0.1, -0.05) is 12.1 Å². The highest BCUT2D eigenvalue weighted by molar-refractivity contribution is 5.99. The van der Waals surface area contributed by atoms with Crippen LogP contribution in [0.3, 0.4) is 0 Å². The number of esters is 2. The first-order valence-corrected chi connectivity index (χ1v) is 6.37. The van der Waals surface area contributed by atoms with E-state index in [0.29, 0.717) is 36.8 Å². The lowest BCUT2D eigenvalue weighted by molar-refractivity contribution is -0.140. The Morgan fingerprint density at radius 2 is 1.60 bits per heavy atom. The van der Waals surface area contributed by atoms with Crippen LogP contribution in [0.5, 0.6) is 0 Å². The predicted molar refractivity (Wildman–Crippen MR) is 72.6 cm³/mol. The van der Waals surface area contributed by atoms with Crippen molar-refractivity contribution in [2.45, 2.75) is 25.7 Å². The third-order valence-electron chi connectivity index (χ3n) is 2.87. The van der Waals surface area contributed by atoms with Gasteiger partial charge in [0.15, 0.2) is 5.78 Å². The number of ether oxygens (including phenoxy) is 2. The monoisotopic (exact) mass is 278 g/mol. The lowest BCUT2D eigenvalue weighted by Gasteiger charge is -2.04. The standard InChI is InChI=1S/C15H18O5/c1-19-14(17)9-4-3-8-13(16)11-6-5-7-12(10-11)15(18)20-2/h5-7,10H,3-4,8-9H2,1-2H3. The van der Waals surface area contributed by atoms with Gasteiger partial charge in [0.1, 0.15) is 0 Å². The second-order valence-electron chi connectivity index (χ2n) is 4.28. The van der Waals surface area contributed by atoms with Gasteiger partial charge in [-0.15, -0.1) is 0 Å². The number of carbonyl (C=O) groups is 3. The summed E-state index contributed by atoms with van der Waals surface area (Å²) < 4.78 is 9.13. The van der Waals surface area contributed by atoms with Crippen LogP contribution >= 0.6 is 0 Å². The smallest absolute Gasteiger partial charge is 0.337 e. The molecule has 0 aliphatic carbocycles. The van der Waals surface area contributed by atoms with Gasteiger partial charge in [0.05, 0.1) is 19.8 Å². The maximum absolute atomic E-state index is 12.0. The predicted octanol–water partition coefficient (Wildman–Crippen LogP) is 2.39. The quantitative estimate of drug-likeness (QED) is 0.435. The Balaban J connectivity index is 2.51. The molecule has 0 spiro atoms. The van der Waals surface area contributed by atoms with Crippen LogP contribution in [0, 0.1) is 0 Å². The normalized spacial score (nSPS) is 9.90. The van der Waals surface area contributed by atoms with Gasteiger partial charge < -0.3 is 9.47 Å². The number of benzene rings is 1. The second kappa shape index (κ2) is 8.09. The molecule has 0 radical (unpaired) electrons. The number of Topliss-reactive ketones (excluding diaryl/α,β-unsaturated/α-hetero) is 1. The Morgan fingerprint density at radius 1 is 0.950 bits per heavy atom. The first-order chi connectivity index (χ1) is 9.58. The summed E-state index contributed by atoms with van der Waals surface area (Å²) >= 11 is 0. The van der Waals surface area contributed by atoms with Crippen LogP contribution < -0.4 is 0 Å². The molecule has 0 aliphatic rings. The SMILES string of the molecule is COC(=O)CCCCC(=O)c1cccc(C(=O)OC)c1. The molecule has 0 saturated heterocycles. The van der Waals surface area contributed by atoms with Crippen molar-refractivity contribution in [1.29, 1.82) is 0 Å². The molecule has 20 heavy (non-hydrogen) atoms. The maximum atomic E-state index is 12.0. The van der Waals surface area contributed by atoms with Crippen LogP contribution in [0.25, 0.3) is 0 Å². The van der Waals surface area contributed by atoms with E-state index >= 15 is 0 Å². The minimum absolute atomic E-state index is 0.0550. The van der Waals surface area contributed by atoms with E-state index in [-0.39, 0.29) is 11.8 Å². The fourth-order valence-electron chi connectivity index (χ4n) is 1.74. The average molecular weight is 278 g/mol. The average Bonchev–Trinajstić information content (AvgIpc) is 2.50. The molecule has 0 bridgehead atoms. The summed E-state index contributed by atoms with van der Waals surface area (Å²) in [5.74, 6) is -0.795. The van der Waals surface area contributed by atoms with Crippen LogP contribution in [-0.2, 0) is 14.3 Å². The van der Waals surface area contributed by atoms with Gasteiger partial charge in [0, 0.05) is 18.4 Å². The van der Waals surface area contributed by atoms with E-state index in [1.165, 1.54) is 20.3 Å². The molecule has 0 atom stereocenters. The van der Waals surface area contributed by atoms with Gasteiger partial charge in [-0.3, -0.25) is 9.59 Å². The van der Waals surface area contributed by atoms with Crippen molar-refractivity contribution in [2.24, 2.45) is 0 Å². The van der Waals surface area contributed by atoms with Crippen LogP contribution in [0.4, 0.5) is 0 Å². The largest absolute Gasteiger partial charge is 0.469 e. The molecule has 1 aromatic carbocycles. The molecule has 0 aliphatic heterocycles. The van der Waals surface area contributed by atoms with Crippen molar-refractivity contribution in [3.05, 3.63) is 35.4 Å². The zero-order valence-corrected chi connectivity index (χ0v) is 11.7. The first-order valence-electron chi connectivity index (χ1n) is 6.37. The highest BCUT2D eigenvalue weighted by atomic mass is 16.5. The lowest BCUT2D eigenvalue weighted by Crippen LogP contribution is -2.05. The molecule has 0 unspecified atom stereocenters. The Labute approximate surface area is 117 Å². The highest BCUT2D eigenvalue weighted by Gasteiger charge is 2.10. The minimum atomic E-state index is -0.467. The number of hydrogen-bond acceptors (Lipinski definition) is 5. The van der Waals surface area contributed by atoms with E-state index in [4.69, 9.17) is 0 Å². The number of unbranched alkanes of at least 4 members (excludes halogenated alkanes) is 1. The number of rotatable bonds is 7. The number of hydrogen-bond donors (Lipinski definition) is 0. The number of ketones is 1. The third-order valence-corrected chi connectivity index (χ3v) is 2.87. The van der Waals surface area contributed by atoms with E-state index in [1.54, 1.807) is 18.2 Å². The van der Waals surface area contributed by atoms with E-state index in [0.717, 1.165) is 0 Å². The first kappa shape index (κ1) is 15.9. The molecule has 1 aromatic rings. The molecule has 0 aromatic heterocycles. The molecule has 1 rings (SSSR count). The lowest BCUT2D eigenvalue weighted by atomic mass is 10.0. The van der Waals surface area contributed by atoms with Crippen molar-refractivity contribution in [1.82, 2.24) is 0 Å². The second-order valence-corrected chi connectivity index (χ2v) is 4.28. The van der Waals surface area contributed by atoms with E-state index < -0.39 is 5.97 Å². The topological polar surface area (TPSA) is 69.7 Å². The molecular weight excluding hydrogens is 260 g/mol. The Kier molecular flexibility index (Phi) is 6.43. The Bertz CT molecular complexity index is 493. The molecule has 0 fully saturated rings. The Hall–Kier alpha value is -2.17. The fourth-order valence-corrected chi connectivity index (χ4v) is 1.74. The van der Waals surface area contributed by atoms with E-state index in [2.05, 4.69) is 9.47 Å². The summed E-state index contributed by atoms with van der Waals surface area (Å²) in [5.41, 5.74) is 0.832. The molecule has 108 valence electrons. The Morgan fingerprint density at radius 3 is 2.25 bits per heavy atom. The van der Waals surface area contributed by atoms with Gasteiger partial charge in [-0.25, -0.2) is 4.79 Å². The van der Waals surface area contributed by atoms with Crippen LogP contribution in [0.2, 0.25) is 0 Å². The van der Waals surface area contributed by atoms with Crippen LogP contribution in [-0.4, -0.2) is 31.9 Å². The van der Waals surface area contributed by atoms with Crippen LogP contribution in [0.1, 0.15) is 46.4 Å². The summed E-state index contributed by atoms with van der Waals surface area (Å²) in [6.45, 7) is 0. The van der Waals surface area contributed by atoms with Crippen LogP contribution in [0.15, 0.2) is 24.3 Å². The molecule has 0 heterocycles. The molecule has 0 saturated carbocycles. The molecule has 0 N–H and O–H groups in total. The van der Waals surface area contributed by atoms with Crippen molar-refractivity contribution >= 4 is 17.7 Å². The summed E-state index contributed by atoms with van der Waals surface area (Å²) in [5, 5.41) is 0. The number of carbonyl (C=O) groups excluding carboxylic acids is 3. The highest BCUT2D eigenvalue weighted by Crippen LogP contribution is 2.11. The molecule has 5 heteroatoms. The minimum Gasteiger partial charge on any atom is -0.469 e. The summed E-state index contributed by atoms with van der Waals surface area (Å²) in [6.07, 6.45) is 1.86. The van der Waals surface area contributed by atoms with Gasteiger partial charge >= 0.3 is 11.9 Å².